The smallest absolute Gasteiger partial charge is 0.0476 e. The van der Waals surface area contributed by atoms with Crippen LogP contribution in [-0.2, 0) is 0 Å². The van der Waals surface area contributed by atoms with E-state index in [0.717, 1.165) is 0 Å². The molecule has 0 fully saturated rings. The Morgan fingerprint density at radius 2 is 1.62 bits per heavy atom. The van der Waals surface area contributed by atoms with E-state index in [2.05, 4.69) is 40.8 Å². The van der Waals surface area contributed by atoms with Crippen molar-refractivity contribution in [3.8, 4) is 0 Å². The van der Waals surface area contributed by atoms with Crippen LogP contribution < -0.4 is 0 Å². The van der Waals surface area contributed by atoms with Crippen LogP contribution in [0.1, 0.15) is 47.0 Å². The minimum Gasteiger partial charge on any atom is -0.0693 e. The fraction of sp³-hybridized carbons (Fsp3) is 1.00. The first kappa shape index (κ1) is 13.2. The van der Waals surface area contributed by atoms with Crippen LogP contribution in [0.3, 0.4) is 0 Å². The third kappa shape index (κ3) is 4.85. The van der Waals surface area contributed by atoms with E-state index in [0.29, 0.717) is 5.41 Å². The maximum Gasteiger partial charge on any atom is 0.0476 e. The van der Waals surface area contributed by atoms with Gasteiger partial charge in [-0.25, -0.2) is 0 Å². The van der Waals surface area contributed by atoms with Crippen LogP contribution in [0.5, 0.6) is 0 Å². The molecule has 13 heavy (non-hydrogen) atoms. The van der Waals surface area contributed by atoms with Gasteiger partial charge in [0.1, 0.15) is 0 Å². The van der Waals surface area contributed by atoms with Crippen molar-refractivity contribution in [1.29, 1.82) is 0 Å². The van der Waals surface area contributed by atoms with E-state index < -0.39 is 8.07 Å². The van der Waals surface area contributed by atoms with Gasteiger partial charge >= 0.3 is 0 Å². The van der Waals surface area contributed by atoms with Gasteiger partial charge in [-0.3, -0.25) is 0 Å². The van der Waals surface area contributed by atoms with Gasteiger partial charge in [0, 0.05) is 8.07 Å². The third-order valence-electron chi connectivity index (χ3n) is 3.57. The standard InChI is InChI=1S/C12H28Si/c1-7-10-12(4,8-2)11-13(5,6)9-3/h7-11H2,1-6H3. The van der Waals surface area contributed by atoms with E-state index in [1.165, 1.54) is 31.4 Å². The van der Waals surface area contributed by atoms with Crippen molar-refractivity contribution in [1.82, 2.24) is 0 Å². The summed E-state index contributed by atoms with van der Waals surface area (Å²) in [5.74, 6) is 0. The maximum atomic E-state index is 2.54. The Morgan fingerprint density at radius 3 is 1.92 bits per heavy atom. The summed E-state index contributed by atoms with van der Waals surface area (Å²) in [6.07, 6.45) is 4.12. The van der Waals surface area contributed by atoms with Crippen LogP contribution >= 0.6 is 0 Å². The molecule has 1 atom stereocenters. The SMILES string of the molecule is CCCC(C)(CC)C[Si](C)(C)CC. The lowest BCUT2D eigenvalue weighted by atomic mass is 9.85. The Morgan fingerprint density at radius 1 is 1.08 bits per heavy atom. The summed E-state index contributed by atoms with van der Waals surface area (Å²) < 4.78 is 0. The molecule has 0 spiro atoms. The topological polar surface area (TPSA) is 0 Å². The van der Waals surface area contributed by atoms with E-state index in [4.69, 9.17) is 0 Å². The first-order valence-electron chi connectivity index (χ1n) is 5.89. The van der Waals surface area contributed by atoms with Crippen LogP contribution in [0.15, 0.2) is 0 Å². The van der Waals surface area contributed by atoms with Gasteiger partial charge in [-0.05, 0) is 11.8 Å². The lowest BCUT2D eigenvalue weighted by Gasteiger charge is -2.35. The number of hydrogen-bond donors (Lipinski definition) is 0. The minimum atomic E-state index is -0.871. The molecule has 0 aliphatic heterocycles. The van der Waals surface area contributed by atoms with E-state index in [1.807, 2.05) is 0 Å². The summed E-state index contributed by atoms with van der Waals surface area (Å²) in [7, 11) is -0.871. The molecule has 0 saturated heterocycles. The summed E-state index contributed by atoms with van der Waals surface area (Å²) in [5, 5.41) is 0. The van der Waals surface area contributed by atoms with Crippen molar-refractivity contribution in [2.75, 3.05) is 0 Å². The van der Waals surface area contributed by atoms with E-state index in [-0.39, 0.29) is 0 Å². The highest BCUT2D eigenvalue weighted by atomic mass is 28.3. The van der Waals surface area contributed by atoms with E-state index in [9.17, 15) is 0 Å². The molecule has 0 aromatic rings. The summed E-state index contributed by atoms with van der Waals surface area (Å²) >= 11 is 0. The van der Waals surface area contributed by atoms with Gasteiger partial charge in [0.2, 0.25) is 0 Å². The minimum absolute atomic E-state index is 0.639. The van der Waals surface area contributed by atoms with Gasteiger partial charge in [-0.2, -0.15) is 0 Å². The van der Waals surface area contributed by atoms with Gasteiger partial charge in [-0.1, -0.05) is 65.7 Å². The van der Waals surface area contributed by atoms with Crippen LogP contribution in [0.4, 0.5) is 0 Å². The van der Waals surface area contributed by atoms with Gasteiger partial charge in [0.15, 0.2) is 0 Å². The summed E-state index contributed by atoms with van der Waals surface area (Å²) in [4.78, 5) is 0. The normalized spacial score (nSPS) is 17.1. The maximum absolute atomic E-state index is 2.54. The van der Waals surface area contributed by atoms with Crippen molar-refractivity contribution in [3.63, 3.8) is 0 Å². The molecule has 0 N–H and O–H groups in total. The predicted molar refractivity (Wildman–Crippen MR) is 66.1 cm³/mol. The Hall–Kier alpha value is 0.217. The van der Waals surface area contributed by atoms with Crippen LogP contribution in [0.2, 0.25) is 25.2 Å². The van der Waals surface area contributed by atoms with Crippen LogP contribution in [-0.4, -0.2) is 8.07 Å². The molecule has 0 rings (SSSR count). The second-order valence-corrected chi connectivity index (χ2v) is 11.0. The van der Waals surface area contributed by atoms with Gasteiger partial charge in [0.25, 0.3) is 0 Å². The molecule has 1 heteroatoms. The lowest BCUT2D eigenvalue weighted by molar-refractivity contribution is 0.314. The summed E-state index contributed by atoms with van der Waals surface area (Å²) in [6.45, 7) is 14.6. The van der Waals surface area contributed by atoms with Gasteiger partial charge in [0.05, 0.1) is 0 Å². The number of rotatable bonds is 6. The second kappa shape index (κ2) is 5.19. The quantitative estimate of drug-likeness (QED) is 0.533. The monoisotopic (exact) mass is 200 g/mol. The van der Waals surface area contributed by atoms with Gasteiger partial charge < -0.3 is 0 Å². The molecule has 0 radical (unpaired) electrons. The Kier molecular flexibility index (Phi) is 5.27. The third-order valence-corrected chi connectivity index (χ3v) is 7.29. The second-order valence-electron chi connectivity index (χ2n) is 5.61. The van der Waals surface area contributed by atoms with E-state index >= 15 is 0 Å². The van der Waals surface area contributed by atoms with Crippen LogP contribution in [0.25, 0.3) is 0 Å². The predicted octanol–water partition coefficient (Wildman–Crippen LogP) is 4.93. The molecule has 0 heterocycles. The first-order chi connectivity index (χ1) is 5.89. The molecule has 0 bridgehead atoms. The highest BCUT2D eigenvalue weighted by Gasteiger charge is 2.30. The highest BCUT2D eigenvalue weighted by molar-refractivity contribution is 6.77. The molecular weight excluding hydrogens is 172 g/mol. The molecule has 0 aliphatic carbocycles. The average molecular weight is 200 g/mol. The Labute approximate surface area is 86.1 Å². The zero-order valence-electron chi connectivity index (χ0n) is 10.5. The van der Waals surface area contributed by atoms with Gasteiger partial charge in [-0.15, -0.1) is 0 Å². The van der Waals surface area contributed by atoms with Crippen molar-refractivity contribution < 1.29 is 0 Å². The summed E-state index contributed by atoms with van der Waals surface area (Å²) in [5.41, 5.74) is 0.639. The Bertz CT molecular complexity index is 140. The van der Waals surface area contributed by atoms with E-state index in [1.54, 1.807) is 0 Å². The molecule has 80 valence electrons. The largest absolute Gasteiger partial charge is 0.0693 e. The average Bonchev–Trinajstić information content (AvgIpc) is 2.04. The zero-order valence-corrected chi connectivity index (χ0v) is 11.5. The van der Waals surface area contributed by atoms with Crippen molar-refractivity contribution >= 4 is 8.07 Å². The Balaban J connectivity index is 4.25. The number of hydrogen-bond acceptors (Lipinski definition) is 0. The van der Waals surface area contributed by atoms with Crippen molar-refractivity contribution in [2.45, 2.75) is 72.1 Å². The molecule has 0 amide bonds. The molecule has 1 unspecified atom stereocenters. The zero-order chi connectivity index (χ0) is 10.5. The molecule has 0 nitrogen and oxygen atoms in total. The first-order valence-corrected chi connectivity index (χ1v) is 9.30. The fourth-order valence-corrected chi connectivity index (χ4v) is 5.26. The lowest BCUT2D eigenvalue weighted by Crippen LogP contribution is -2.32. The van der Waals surface area contributed by atoms with Crippen molar-refractivity contribution in [2.24, 2.45) is 5.41 Å². The van der Waals surface area contributed by atoms with Crippen LogP contribution in [0, 0.1) is 5.41 Å². The molecule has 0 saturated carbocycles. The van der Waals surface area contributed by atoms with Crippen molar-refractivity contribution in [3.05, 3.63) is 0 Å². The fourth-order valence-electron chi connectivity index (χ4n) is 2.27. The summed E-state index contributed by atoms with van der Waals surface area (Å²) in [6, 6.07) is 2.95. The molecular formula is C12H28Si. The molecule has 0 aliphatic rings. The highest BCUT2D eigenvalue weighted by Crippen LogP contribution is 2.37. The molecule has 0 aromatic carbocycles. The molecule has 0 aromatic heterocycles.